The van der Waals surface area contributed by atoms with E-state index in [9.17, 15) is 19.5 Å². The predicted octanol–water partition coefficient (Wildman–Crippen LogP) is 9.01. The highest BCUT2D eigenvalue weighted by Gasteiger charge is 2.48. The molecule has 1 aliphatic rings. The Hall–Kier alpha value is -7.63. The van der Waals surface area contributed by atoms with Crippen LogP contribution in [-0.4, -0.2) is 65.8 Å². The van der Waals surface area contributed by atoms with Gasteiger partial charge in [0.15, 0.2) is 0 Å². The number of rotatable bonds is 14. The van der Waals surface area contributed by atoms with Crippen molar-refractivity contribution in [2.24, 2.45) is 0 Å². The molecule has 0 unspecified atom stereocenters. The Morgan fingerprint density at radius 3 is 2.16 bits per heavy atom. The highest BCUT2D eigenvalue weighted by molar-refractivity contribution is 6.08. The van der Waals surface area contributed by atoms with Crippen LogP contribution in [0.25, 0.3) is 33.2 Å². The summed E-state index contributed by atoms with van der Waals surface area (Å²) in [5, 5.41) is 13.5. The number of fused-ring (bicyclic) bond motifs is 2. The van der Waals surface area contributed by atoms with Crippen molar-refractivity contribution >= 4 is 40.3 Å². The number of carbonyl (C=O) groups excluding carboxylic acids is 4. The summed E-state index contributed by atoms with van der Waals surface area (Å²) in [5.74, 6) is -2.07. The maximum absolute atomic E-state index is 15.1. The van der Waals surface area contributed by atoms with Gasteiger partial charge >= 0.3 is 11.9 Å². The van der Waals surface area contributed by atoms with Crippen molar-refractivity contribution in [1.82, 2.24) is 10.3 Å². The first-order chi connectivity index (χ1) is 30.8. The van der Waals surface area contributed by atoms with Gasteiger partial charge in [-0.05, 0) is 77.7 Å². The van der Waals surface area contributed by atoms with E-state index in [1.165, 1.54) is 4.90 Å². The summed E-state index contributed by atoms with van der Waals surface area (Å²) in [6.07, 6.45) is -1.42. The van der Waals surface area contributed by atoms with Crippen LogP contribution in [0.1, 0.15) is 62.6 Å². The number of para-hydroxylation sites is 1. The van der Waals surface area contributed by atoms with Gasteiger partial charge in [0.2, 0.25) is 0 Å². The number of nitrogens with zero attached hydrogens (tertiary/aromatic N) is 2. The highest BCUT2D eigenvalue weighted by Crippen LogP contribution is 2.43. The van der Waals surface area contributed by atoms with Crippen LogP contribution in [0.15, 0.2) is 164 Å². The lowest BCUT2D eigenvalue weighted by atomic mass is 9.85. The number of amides is 2. The van der Waals surface area contributed by atoms with Gasteiger partial charge in [-0.25, -0.2) is 9.78 Å². The van der Waals surface area contributed by atoms with Gasteiger partial charge in [-0.15, -0.1) is 0 Å². The zero-order valence-corrected chi connectivity index (χ0v) is 34.6. The number of aliphatic hydroxyl groups is 1. The first kappa shape index (κ1) is 42.1. The van der Waals surface area contributed by atoms with Crippen molar-refractivity contribution in [3.05, 3.63) is 186 Å². The minimum atomic E-state index is -1.37. The molecule has 0 radical (unpaired) electrons. The lowest BCUT2D eigenvalue weighted by Crippen LogP contribution is -2.58. The summed E-state index contributed by atoms with van der Waals surface area (Å²) in [5.41, 5.74) is 5.21. The van der Waals surface area contributed by atoms with Crippen molar-refractivity contribution < 1.29 is 38.5 Å². The average molecular weight is 840 g/mol. The zero-order valence-electron chi connectivity index (χ0n) is 34.6. The maximum Gasteiger partial charge on any atom is 0.339 e. The number of ether oxygens (including phenoxy) is 3. The quantitative estimate of drug-likeness (QED) is 0.0810. The number of esters is 2. The molecule has 0 fully saturated rings. The van der Waals surface area contributed by atoms with Crippen LogP contribution in [0.2, 0.25) is 0 Å². The van der Waals surface area contributed by atoms with E-state index in [4.69, 9.17) is 19.2 Å². The Bertz CT molecular complexity index is 2740. The molecule has 0 saturated heterocycles. The summed E-state index contributed by atoms with van der Waals surface area (Å²) in [6, 6.07) is 46.8. The van der Waals surface area contributed by atoms with E-state index in [-0.39, 0.29) is 31.1 Å². The topological polar surface area (TPSA) is 144 Å². The summed E-state index contributed by atoms with van der Waals surface area (Å²) < 4.78 is 18.1. The third kappa shape index (κ3) is 9.34. The van der Waals surface area contributed by atoms with Gasteiger partial charge in [-0.2, -0.15) is 0 Å². The number of nitrogens with one attached hydrogen (secondary N) is 1. The van der Waals surface area contributed by atoms with E-state index < -0.39 is 48.4 Å². The fourth-order valence-corrected chi connectivity index (χ4v) is 7.93. The molecule has 0 aliphatic carbocycles. The number of aliphatic hydroxyl groups excluding tert-OH is 1. The number of hydrogen-bond acceptors (Lipinski definition) is 9. The lowest BCUT2D eigenvalue weighted by Gasteiger charge is -2.45. The van der Waals surface area contributed by atoms with Crippen molar-refractivity contribution in [1.29, 1.82) is 0 Å². The summed E-state index contributed by atoms with van der Waals surface area (Å²) >= 11 is 0. The van der Waals surface area contributed by atoms with Crippen LogP contribution in [0.4, 0.5) is 5.69 Å². The molecule has 7 aromatic rings. The molecule has 11 heteroatoms. The SMILES string of the molecule is CCOC(=O)C[C@H]1[C@H](OC(=O)c2ccccc2-c2ccccc2)[C@@H](NC(=O)c2ccc(-c3ccccc3)cc2)c2cc(OCCCO)ccc2N1C(=O)c1ccc2ccccc2n1. The zero-order chi connectivity index (χ0) is 43.7. The second-order valence-corrected chi connectivity index (χ2v) is 15.0. The fraction of sp³-hybridized carbons (Fsp3) is 0.173. The van der Waals surface area contributed by atoms with E-state index >= 15 is 4.79 Å². The van der Waals surface area contributed by atoms with E-state index in [1.807, 2.05) is 103 Å². The van der Waals surface area contributed by atoms with Gasteiger partial charge in [0, 0.05) is 29.5 Å². The molecule has 2 amide bonds. The molecule has 316 valence electrons. The summed E-state index contributed by atoms with van der Waals surface area (Å²) in [7, 11) is 0. The lowest BCUT2D eigenvalue weighted by molar-refractivity contribution is -0.144. The van der Waals surface area contributed by atoms with E-state index in [2.05, 4.69) is 5.32 Å². The van der Waals surface area contributed by atoms with Gasteiger partial charge in [-0.1, -0.05) is 115 Å². The number of benzene rings is 6. The van der Waals surface area contributed by atoms with Crippen LogP contribution in [-0.2, 0) is 14.3 Å². The summed E-state index contributed by atoms with van der Waals surface area (Å²) in [4.78, 5) is 64.2. The maximum atomic E-state index is 15.1. The van der Waals surface area contributed by atoms with Crippen LogP contribution in [0.3, 0.4) is 0 Å². The molecule has 3 atom stereocenters. The Kier molecular flexibility index (Phi) is 13.0. The van der Waals surface area contributed by atoms with E-state index in [0.717, 1.165) is 22.1 Å². The Balaban J connectivity index is 1.28. The Morgan fingerprint density at radius 2 is 1.41 bits per heavy atom. The van der Waals surface area contributed by atoms with Gasteiger partial charge in [0.05, 0.1) is 48.5 Å². The molecular formula is C52H45N3O8. The third-order valence-electron chi connectivity index (χ3n) is 10.9. The van der Waals surface area contributed by atoms with Crippen LogP contribution >= 0.6 is 0 Å². The first-order valence-corrected chi connectivity index (χ1v) is 20.9. The molecule has 2 N–H and O–H groups in total. The molecule has 1 aromatic heterocycles. The molecule has 63 heavy (non-hydrogen) atoms. The first-order valence-electron chi connectivity index (χ1n) is 20.9. The van der Waals surface area contributed by atoms with Crippen molar-refractivity contribution in [2.75, 3.05) is 24.7 Å². The second kappa shape index (κ2) is 19.4. The van der Waals surface area contributed by atoms with Crippen molar-refractivity contribution in [3.63, 3.8) is 0 Å². The highest BCUT2D eigenvalue weighted by atomic mass is 16.5. The second-order valence-electron chi connectivity index (χ2n) is 15.0. The van der Waals surface area contributed by atoms with Crippen LogP contribution < -0.4 is 15.0 Å². The van der Waals surface area contributed by atoms with Crippen molar-refractivity contribution in [2.45, 2.75) is 38.0 Å². The van der Waals surface area contributed by atoms with Gasteiger partial charge in [0.25, 0.3) is 11.8 Å². The Morgan fingerprint density at radius 1 is 0.730 bits per heavy atom. The number of pyridine rings is 1. The molecule has 0 spiro atoms. The normalized spacial score (nSPS) is 15.5. The molecular weight excluding hydrogens is 795 g/mol. The van der Waals surface area contributed by atoms with Gasteiger partial charge in [-0.3, -0.25) is 19.3 Å². The summed E-state index contributed by atoms with van der Waals surface area (Å²) in [6.45, 7) is 1.83. The minimum absolute atomic E-state index is 0.0604. The number of anilines is 1. The van der Waals surface area contributed by atoms with E-state index in [1.54, 1.807) is 67.6 Å². The smallest absolute Gasteiger partial charge is 0.339 e. The molecule has 0 bridgehead atoms. The molecule has 11 nitrogen and oxygen atoms in total. The number of carbonyl (C=O) groups is 4. The molecule has 0 saturated carbocycles. The average Bonchev–Trinajstić information content (AvgIpc) is 3.33. The van der Waals surface area contributed by atoms with Crippen molar-refractivity contribution in [3.8, 4) is 28.0 Å². The largest absolute Gasteiger partial charge is 0.493 e. The molecule has 8 rings (SSSR count). The van der Waals surface area contributed by atoms with E-state index in [0.29, 0.717) is 40.1 Å². The van der Waals surface area contributed by atoms with Gasteiger partial charge < -0.3 is 24.6 Å². The molecule has 2 heterocycles. The molecule has 1 aliphatic heterocycles. The van der Waals surface area contributed by atoms with Crippen LogP contribution in [0, 0.1) is 0 Å². The third-order valence-corrected chi connectivity index (χ3v) is 10.9. The standard InChI is InChI=1S/C52H45N3O8/c1-2-61-47(57)33-46-49(63-52(60)41-20-11-10-19-40(41)36-16-7-4-8-17-36)48(54-50(58)38-24-22-35(23-25-38)34-14-5-3-6-15-34)42-32-39(62-31-13-30-56)27-29-45(42)55(46)51(59)44-28-26-37-18-9-12-21-43(37)53-44/h3-12,14-29,32,46,48-49,56H,2,13,30-31,33H2,1H3,(H,54,58)/t46-,48-,49-/m0/s1. The van der Waals surface area contributed by atoms with Gasteiger partial charge in [0.1, 0.15) is 17.5 Å². The fourth-order valence-electron chi connectivity index (χ4n) is 7.93. The van der Waals surface area contributed by atoms with Crippen LogP contribution in [0.5, 0.6) is 5.75 Å². The molecule has 6 aromatic carbocycles. The Labute approximate surface area is 364 Å². The number of aromatic nitrogens is 1. The minimum Gasteiger partial charge on any atom is -0.493 e. The monoisotopic (exact) mass is 839 g/mol. The number of hydrogen-bond donors (Lipinski definition) is 2. The predicted molar refractivity (Wildman–Crippen MR) is 240 cm³/mol.